The average molecular weight is 425 g/mol. The normalized spacial score (nSPS) is 26.1. The number of fused-ring (bicyclic) bond motifs is 3. The molecule has 9 heteroatoms. The van der Waals surface area contributed by atoms with E-state index < -0.39 is 17.1 Å². The number of aromatic amines is 1. The molecule has 1 saturated carbocycles. The van der Waals surface area contributed by atoms with Gasteiger partial charge in [0.05, 0.1) is 11.9 Å². The molecule has 156 valence electrons. The van der Waals surface area contributed by atoms with E-state index in [0.29, 0.717) is 12.1 Å². The molecule has 0 bridgehead atoms. The van der Waals surface area contributed by atoms with Gasteiger partial charge in [0.15, 0.2) is 0 Å². The third-order valence-electron chi connectivity index (χ3n) is 6.57. The minimum absolute atomic E-state index is 0.0166. The lowest BCUT2D eigenvalue weighted by atomic mass is 9.52. The van der Waals surface area contributed by atoms with Gasteiger partial charge in [-0.2, -0.15) is 0 Å². The lowest BCUT2D eigenvalue weighted by molar-refractivity contribution is 0.141. The SMILES string of the molecule is CC1(C2CC(NS(=O)(=O)Cc3ccccc3)C2)CB(O)Oc2cnc3[nH]ccc3c21. The van der Waals surface area contributed by atoms with Gasteiger partial charge >= 0.3 is 7.12 Å². The van der Waals surface area contributed by atoms with Crippen LogP contribution >= 0.6 is 0 Å². The van der Waals surface area contributed by atoms with Crippen molar-refractivity contribution in [2.45, 2.75) is 43.3 Å². The van der Waals surface area contributed by atoms with E-state index in [1.807, 2.05) is 42.6 Å². The van der Waals surface area contributed by atoms with Crippen LogP contribution in [0.25, 0.3) is 11.0 Å². The molecular weight excluding hydrogens is 401 g/mol. The summed E-state index contributed by atoms with van der Waals surface area (Å²) in [6, 6.07) is 11.1. The van der Waals surface area contributed by atoms with Crippen LogP contribution in [0.2, 0.25) is 6.32 Å². The molecule has 1 aliphatic carbocycles. The van der Waals surface area contributed by atoms with Crippen LogP contribution in [0.4, 0.5) is 0 Å². The average Bonchev–Trinajstić information content (AvgIpc) is 3.12. The maximum atomic E-state index is 12.6. The van der Waals surface area contributed by atoms with E-state index in [1.54, 1.807) is 6.20 Å². The number of rotatable bonds is 5. The Kier molecular flexibility index (Phi) is 4.64. The highest BCUT2D eigenvalue weighted by molar-refractivity contribution is 7.88. The van der Waals surface area contributed by atoms with E-state index in [2.05, 4.69) is 21.6 Å². The van der Waals surface area contributed by atoms with Gasteiger partial charge < -0.3 is 14.7 Å². The zero-order valence-corrected chi connectivity index (χ0v) is 17.5. The number of hydrogen-bond donors (Lipinski definition) is 3. The van der Waals surface area contributed by atoms with E-state index in [0.717, 1.165) is 35.0 Å². The standard InChI is InChI=1S/C21H24BN3O4S/c1-21(13-22(26)29-18-11-24-20-17(19(18)21)7-8-23-20)15-9-16(10-15)25-30(27,28)12-14-5-3-2-4-6-14/h2-8,11,15-16,25-26H,9-10,12-13H2,1H3,(H,23,24). The molecule has 0 amide bonds. The summed E-state index contributed by atoms with van der Waals surface area (Å²) in [5.74, 6) is 0.827. The van der Waals surface area contributed by atoms with Crippen molar-refractivity contribution in [2.75, 3.05) is 0 Å². The zero-order chi connectivity index (χ0) is 20.9. The minimum Gasteiger partial charge on any atom is -0.535 e. The number of hydrogen-bond acceptors (Lipinski definition) is 5. The first-order valence-corrected chi connectivity index (χ1v) is 11.8. The topological polar surface area (TPSA) is 104 Å². The molecule has 1 atom stereocenters. The van der Waals surface area contributed by atoms with Crippen LogP contribution in [0, 0.1) is 5.92 Å². The van der Waals surface area contributed by atoms with Crippen molar-refractivity contribution in [3.63, 3.8) is 0 Å². The smallest absolute Gasteiger partial charge is 0.523 e. The number of pyridine rings is 1. The van der Waals surface area contributed by atoms with Gasteiger partial charge in [-0.15, -0.1) is 0 Å². The number of benzene rings is 1. The van der Waals surface area contributed by atoms with Gasteiger partial charge in [-0.3, -0.25) is 0 Å². The number of nitrogens with one attached hydrogen (secondary N) is 2. The largest absolute Gasteiger partial charge is 0.535 e. The summed E-state index contributed by atoms with van der Waals surface area (Å²) in [5, 5.41) is 11.3. The van der Waals surface area contributed by atoms with Crippen LogP contribution < -0.4 is 9.38 Å². The molecule has 5 rings (SSSR count). The molecule has 0 saturated heterocycles. The second-order valence-corrected chi connectivity index (χ2v) is 10.4. The summed E-state index contributed by atoms with van der Waals surface area (Å²) in [7, 11) is -4.30. The second-order valence-electron chi connectivity index (χ2n) is 8.66. The van der Waals surface area contributed by atoms with Crippen molar-refractivity contribution in [2.24, 2.45) is 5.92 Å². The monoisotopic (exact) mass is 425 g/mol. The molecule has 3 N–H and O–H groups in total. The van der Waals surface area contributed by atoms with Crippen LogP contribution in [0.5, 0.6) is 5.75 Å². The summed E-state index contributed by atoms with van der Waals surface area (Å²) in [6.45, 7) is 2.14. The maximum Gasteiger partial charge on any atom is 0.523 e. The van der Waals surface area contributed by atoms with E-state index in [1.165, 1.54) is 0 Å². The van der Waals surface area contributed by atoms with Gasteiger partial charge in [-0.25, -0.2) is 18.1 Å². The molecule has 7 nitrogen and oxygen atoms in total. The van der Waals surface area contributed by atoms with Crippen LogP contribution in [0.15, 0.2) is 48.8 Å². The number of H-pyrrole nitrogens is 1. The number of sulfonamides is 1. The Hall–Kier alpha value is -2.36. The molecule has 0 radical (unpaired) electrons. The molecule has 3 heterocycles. The van der Waals surface area contributed by atoms with Crippen molar-refractivity contribution in [1.29, 1.82) is 0 Å². The summed E-state index contributed by atoms with van der Waals surface area (Å²) in [4.78, 5) is 7.51. The predicted molar refractivity (Wildman–Crippen MR) is 116 cm³/mol. The first-order valence-electron chi connectivity index (χ1n) is 10.2. The van der Waals surface area contributed by atoms with Crippen molar-refractivity contribution < 1.29 is 18.1 Å². The highest BCUT2D eigenvalue weighted by Gasteiger charge is 2.51. The Morgan fingerprint density at radius 2 is 2.07 bits per heavy atom. The first-order chi connectivity index (χ1) is 14.3. The van der Waals surface area contributed by atoms with Crippen molar-refractivity contribution in [3.8, 4) is 5.75 Å². The molecule has 1 aliphatic heterocycles. The Morgan fingerprint density at radius 1 is 1.30 bits per heavy atom. The summed E-state index contributed by atoms with van der Waals surface area (Å²) in [6.07, 6.45) is 5.44. The van der Waals surface area contributed by atoms with Crippen molar-refractivity contribution in [3.05, 3.63) is 59.9 Å². The molecule has 2 aliphatic rings. The molecule has 1 aromatic carbocycles. The van der Waals surface area contributed by atoms with Gasteiger partial charge in [0, 0.05) is 29.5 Å². The van der Waals surface area contributed by atoms with Gasteiger partial charge in [0.25, 0.3) is 0 Å². The highest BCUT2D eigenvalue weighted by atomic mass is 32.2. The van der Waals surface area contributed by atoms with Crippen molar-refractivity contribution in [1.82, 2.24) is 14.7 Å². The molecule has 1 unspecified atom stereocenters. The van der Waals surface area contributed by atoms with E-state index in [4.69, 9.17) is 4.65 Å². The second kappa shape index (κ2) is 7.11. The minimum atomic E-state index is -3.40. The fourth-order valence-electron chi connectivity index (χ4n) is 5.02. The molecular formula is C21H24BN3O4S. The first kappa shape index (κ1) is 19.6. The highest BCUT2D eigenvalue weighted by Crippen LogP contribution is 2.53. The molecule has 0 spiro atoms. The summed E-state index contributed by atoms with van der Waals surface area (Å²) < 4.78 is 33.7. The van der Waals surface area contributed by atoms with Gasteiger partial charge in [-0.1, -0.05) is 37.3 Å². The lowest BCUT2D eigenvalue weighted by Gasteiger charge is -2.50. The summed E-state index contributed by atoms with van der Waals surface area (Å²) >= 11 is 0. The maximum absolute atomic E-state index is 12.6. The third kappa shape index (κ3) is 3.40. The van der Waals surface area contributed by atoms with E-state index in [-0.39, 0.29) is 23.1 Å². The van der Waals surface area contributed by atoms with Gasteiger partial charge in [0.2, 0.25) is 10.0 Å². The van der Waals surface area contributed by atoms with Crippen LogP contribution in [0.1, 0.15) is 30.9 Å². The Bertz CT molecular complexity index is 1180. The quantitative estimate of drug-likeness (QED) is 0.545. The van der Waals surface area contributed by atoms with Crippen LogP contribution in [-0.4, -0.2) is 36.6 Å². The lowest BCUT2D eigenvalue weighted by Crippen LogP contribution is -2.53. The predicted octanol–water partition coefficient (Wildman–Crippen LogP) is 2.59. The molecule has 3 aromatic rings. The van der Waals surface area contributed by atoms with Crippen molar-refractivity contribution >= 4 is 28.2 Å². The van der Waals surface area contributed by atoms with E-state index in [9.17, 15) is 13.4 Å². The Morgan fingerprint density at radius 3 is 2.83 bits per heavy atom. The fraction of sp³-hybridized carbons (Fsp3) is 0.381. The zero-order valence-electron chi connectivity index (χ0n) is 16.7. The third-order valence-corrected chi connectivity index (χ3v) is 7.98. The number of aromatic nitrogens is 2. The van der Waals surface area contributed by atoms with Gasteiger partial charge in [0.1, 0.15) is 11.4 Å². The molecule has 2 aromatic heterocycles. The Balaban J connectivity index is 1.34. The summed E-state index contributed by atoms with van der Waals surface area (Å²) in [5.41, 5.74) is 2.29. The van der Waals surface area contributed by atoms with Crippen LogP contribution in [0.3, 0.4) is 0 Å². The van der Waals surface area contributed by atoms with Gasteiger partial charge in [-0.05, 0) is 35.8 Å². The number of nitrogens with zero attached hydrogens (tertiary/aromatic N) is 1. The van der Waals surface area contributed by atoms with Crippen LogP contribution in [-0.2, 0) is 21.2 Å². The van der Waals surface area contributed by atoms with E-state index >= 15 is 0 Å². The molecule has 30 heavy (non-hydrogen) atoms. The Labute approximate surface area is 176 Å². The fourth-order valence-corrected chi connectivity index (χ4v) is 6.43. The molecule has 1 fully saturated rings.